The highest BCUT2D eigenvalue weighted by Crippen LogP contribution is 2.22. The van der Waals surface area contributed by atoms with Gasteiger partial charge in [-0.3, -0.25) is 4.79 Å². The van der Waals surface area contributed by atoms with E-state index in [1.165, 1.54) is 4.88 Å². The number of carbonyl (C=O) groups excluding carboxylic acids is 1. The third-order valence-corrected chi connectivity index (χ3v) is 7.42. The number of rotatable bonds is 7. The zero-order valence-corrected chi connectivity index (χ0v) is 16.5. The van der Waals surface area contributed by atoms with Gasteiger partial charge in [-0.05, 0) is 62.8 Å². The number of amides is 1. The molecule has 2 rings (SSSR count). The van der Waals surface area contributed by atoms with Crippen LogP contribution in [0.3, 0.4) is 0 Å². The Kier molecular flexibility index (Phi) is 6.41. The SMILES string of the molecule is CC(C)(C)S(=O)(=O)Cc1cccc(NC(=O)CCCc2cccs2)c1. The molecule has 2 aromatic rings. The summed E-state index contributed by atoms with van der Waals surface area (Å²) in [6.07, 6.45) is 2.14. The molecule has 4 nitrogen and oxygen atoms in total. The fourth-order valence-corrected chi connectivity index (χ4v) is 4.08. The molecule has 1 aromatic carbocycles. The van der Waals surface area contributed by atoms with Crippen LogP contribution in [0.5, 0.6) is 0 Å². The van der Waals surface area contributed by atoms with Crippen LogP contribution >= 0.6 is 11.3 Å². The Morgan fingerprint density at radius 1 is 1.16 bits per heavy atom. The number of carbonyl (C=O) groups is 1. The van der Waals surface area contributed by atoms with Crippen molar-refractivity contribution >= 4 is 32.8 Å². The van der Waals surface area contributed by atoms with Gasteiger partial charge in [0, 0.05) is 17.0 Å². The van der Waals surface area contributed by atoms with Crippen LogP contribution in [-0.2, 0) is 26.8 Å². The van der Waals surface area contributed by atoms with Crippen molar-refractivity contribution in [3.63, 3.8) is 0 Å². The highest BCUT2D eigenvalue weighted by Gasteiger charge is 2.28. The second-order valence-corrected chi connectivity index (χ2v) is 10.8. The molecular weight excluding hydrogens is 354 g/mol. The summed E-state index contributed by atoms with van der Waals surface area (Å²) in [4.78, 5) is 13.4. The van der Waals surface area contributed by atoms with Crippen molar-refractivity contribution in [1.82, 2.24) is 0 Å². The van der Waals surface area contributed by atoms with Crippen LogP contribution in [0.2, 0.25) is 0 Å². The van der Waals surface area contributed by atoms with Crippen molar-refractivity contribution in [3.05, 3.63) is 52.2 Å². The van der Waals surface area contributed by atoms with E-state index in [9.17, 15) is 13.2 Å². The summed E-state index contributed by atoms with van der Waals surface area (Å²) < 4.78 is 23.8. The summed E-state index contributed by atoms with van der Waals surface area (Å²) in [5, 5.41) is 4.89. The van der Waals surface area contributed by atoms with Crippen LogP contribution < -0.4 is 5.32 Å². The molecule has 0 fully saturated rings. The lowest BCUT2D eigenvalue weighted by molar-refractivity contribution is -0.116. The Morgan fingerprint density at radius 3 is 2.56 bits per heavy atom. The number of benzene rings is 1. The smallest absolute Gasteiger partial charge is 0.224 e. The highest BCUT2D eigenvalue weighted by atomic mass is 32.2. The first-order valence-corrected chi connectivity index (χ1v) is 10.8. The predicted octanol–water partition coefficient (Wildman–Crippen LogP) is 4.42. The van der Waals surface area contributed by atoms with Gasteiger partial charge in [-0.1, -0.05) is 18.2 Å². The van der Waals surface area contributed by atoms with Crippen molar-refractivity contribution in [2.45, 2.75) is 50.5 Å². The fourth-order valence-electron chi connectivity index (χ4n) is 2.28. The molecular formula is C19H25NO3S2. The number of hydrogen-bond acceptors (Lipinski definition) is 4. The van der Waals surface area contributed by atoms with E-state index in [-0.39, 0.29) is 11.7 Å². The number of anilines is 1. The van der Waals surface area contributed by atoms with E-state index in [2.05, 4.69) is 11.4 Å². The Balaban J connectivity index is 1.91. The molecule has 1 aromatic heterocycles. The lowest BCUT2D eigenvalue weighted by Gasteiger charge is -2.19. The molecule has 0 aliphatic rings. The van der Waals surface area contributed by atoms with E-state index in [4.69, 9.17) is 0 Å². The first-order chi connectivity index (χ1) is 11.7. The zero-order valence-electron chi connectivity index (χ0n) is 14.9. The van der Waals surface area contributed by atoms with Crippen LogP contribution in [0.4, 0.5) is 5.69 Å². The van der Waals surface area contributed by atoms with E-state index in [1.54, 1.807) is 56.4 Å². The summed E-state index contributed by atoms with van der Waals surface area (Å²) in [7, 11) is -3.25. The molecule has 0 radical (unpaired) electrons. The first kappa shape index (κ1) is 19.7. The van der Waals surface area contributed by atoms with Crippen molar-refractivity contribution in [3.8, 4) is 0 Å². The van der Waals surface area contributed by atoms with E-state index in [1.807, 2.05) is 11.4 Å². The van der Waals surface area contributed by atoms with Gasteiger partial charge in [0.2, 0.25) is 5.91 Å². The molecule has 136 valence electrons. The molecule has 0 spiro atoms. The Labute approximate surface area is 154 Å². The standard InChI is InChI=1S/C19H25NO3S2/c1-19(2,3)25(22,23)14-15-7-4-8-16(13-15)20-18(21)11-5-9-17-10-6-12-24-17/h4,6-8,10,12-13H,5,9,11,14H2,1-3H3,(H,20,21). The van der Waals surface area contributed by atoms with E-state index in [0.29, 0.717) is 17.7 Å². The Bertz CT molecular complexity index is 803. The maximum atomic E-state index is 12.3. The van der Waals surface area contributed by atoms with Gasteiger partial charge < -0.3 is 5.32 Å². The van der Waals surface area contributed by atoms with Crippen LogP contribution in [0.1, 0.15) is 44.1 Å². The van der Waals surface area contributed by atoms with E-state index >= 15 is 0 Å². The van der Waals surface area contributed by atoms with Crippen LogP contribution in [0.25, 0.3) is 0 Å². The van der Waals surface area contributed by atoms with Gasteiger partial charge in [0.05, 0.1) is 10.5 Å². The highest BCUT2D eigenvalue weighted by molar-refractivity contribution is 7.91. The summed E-state index contributed by atoms with van der Waals surface area (Å²) in [5.74, 6) is -0.0779. The average molecular weight is 380 g/mol. The molecule has 0 saturated heterocycles. The Morgan fingerprint density at radius 2 is 1.92 bits per heavy atom. The largest absolute Gasteiger partial charge is 0.326 e. The van der Waals surface area contributed by atoms with Gasteiger partial charge in [-0.2, -0.15) is 0 Å². The third-order valence-electron chi connectivity index (χ3n) is 3.91. The van der Waals surface area contributed by atoms with E-state index < -0.39 is 14.6 Å². The quantitative estimate of drug-likeness (QED) is 0.774. The van der Waals surface area contributed by atoms with Crippen LogP contribution in [0.15, 0.2) is 41.8 Å². The number of hydrogen-bond donors (Lipinski definition) is 1. The minimum absolute atomic E-state index is 0.0292. The topological polar surface area (TPSA) is 63.2 Å². The number of aryl methyl sites for hydroxylation is 1. The molecule has 0 saturated carbocycles. The summed E-state index contributed by atoms with van der Waals surface area (Å²) in [5.41, 5.74) is 1.33. The maximum absolute atomic E-state index is 12.3. The third kappa shape index (κ3) is 5.97. The molecule has 25 heavy (non-hydrogen) atoms. The minimum Gasteiger partial charge on any atom is -0.326 e. The van der Waals surface area contributed by atoms with Gasteiger partial charge in [-0.15, -0.1) is 11.3 Å². The van der Waals surface area contributed by atoms with Gasteiger partial charge in [0.15, 0.2) is 9.84 Å². The monoisotopic (exact) mass is 379 g/mol. The normalized spacial score (nSPS) is 12.1. The first-order valence-electron chi connectivity index (χ1n) is 8.31. The van der Waals surface area contributed by atoms with Gasteiger partial charge in [0.1, 0.15) is 0 Å². The molecule has 0 aliphatic carbocycles. The van der Waals surface area contributed by atoms with Crippen molar-refractivity contribution < 1.29 is 13.2 Å². The second kappa shape index (κ2) is 8.15. The Hall–Kier alpha value is -1.66. The molecule has 0 aliphatic heterocycles. The summed E-state index contributed by atoms with van der Waals surface area (Å²) >= 11 is 1.70. The lowest BCUT2D eigenvalue weighted by Crippen LogP contribution is -2.29. The van der Waals surface area contributed by atoms with Gasteiger partial charge in [-0.25, -0.2) is 8.42 Å². The lowest BCUT2D eigenvalue weighted by atomic mass is 10.2. The second-order valence-electron chi connectivity index (χ2n) is 7.05. The van der Waals surface area contributed by atoms with Crippen LogP contribution in [0, 0.1) is 0 Å². The number of thiophene rings is 1. The average Bonchev–Trinajstić information content (AvgIpc) is 2.99. The zero-order chi connectivity index (χ0) is 18.5. The summed E-state index contributed by atoms with van der Waals surface area (Å²) in [6.45, 7) is 5.09. The van der Waals surface area contributed by atoms with Crippen molar-refractivity contribution in [2.24, 2.45) is 0 Å². The molecule has 0 bridgehead atoms. The number of sulfone groups is 1. The van der Waals surface area contributed by atoms with Gasteiger partial charge >= 0.3 is 0 Å². The molecule has 1 N–H and O–H groups in total. The van der Waals surface area contributed by atoms with Crippen molar-refractivity contribution in [2.75, 3.05) is 5.32 Å². The predicted molar refractivity (Wildman–Crippen MR) is 105 cm³/mol. The molecule has 0 atom stereocenters. The van der Waals surface area contributed by atoms with Gasteiger partial charge in [0.25, 0.3) is 0 Å². The van der Waals surface area contributed by atoms with E-state index in [0.717, 1.165) is 12.8 Å². The van der Waals surface area contributed by atoms with Crippen LogP contribution in [-0.4, -0.2) is 19.1 Å². The minimum atomic E-state index is -3.25. The summed E-state index contributed by atoms with van der Waals surface area (Å²) in [6, 6.07) is 11.1. The molecule has 0 unspecified atom stereocenters. The van der Waals surface area contributed by atoms with Crippen molar-refractivity contribution in [1.29, 1.82) is 0 Å². The molecule has 6 heteroatoms. The number of nitrogens with one attached hydrogen (secondary N) is 1. The fraction of sp³-hybridized carbons (Fsp3) is 0.421. The maximum Gasteiger partial charge on any atom is 0.224 e. The molecule has 1 heterocycles. The molecule has 1 amide bonds.